The predicted molar refractivity (Wildman–Crippen MR) is 51.7 cm³/mol. The quantitative estimate of drug-likeness (QED) is 0.771. The average molecular weight is 216 g/mol. The second-order valence-electron chi connectivity index (χ2n) is 3.16. The summed E-state index contributed by atoms with van der Waals surface area (Å²) in [5.74, 6) is 0.274. The molecule has 0 aromatic carbocycles. The van der Waals surface area contributed by atoms with E-state index in [-0.39, 0.29) is 17.1 Å². The van der Waals surface area contributed by atoms with Gasteiger partial charge in [-0.3, -0.25) is 0 Å². The number of nitrogens with one attached hydrogen (secondary N) is 1. The van der Waals surface area contributed by atoms with E-state index in [9.17, 15) is 8.42 Å². The number of anilines is 1. The zero-order valence-corrected chi connectivity index (χ0v) is 9.04. The molecule has 0 aliphatic carbocycles. The molecule has 1 aromatic heterocycles. The van der Waals surface area contributed by atoms with E-state index >= 15 is 0 Å². The third-order valence-corrected chi connectivity index (χ3v) is 2.16. The minimum atomic E-state index is -3.36. The Morgan fingerprint density at radius 1 is 1.36 bits per heavy atom. The van der Waals surface area contributed by atoms with Gasteiger partial charge in [-0.25, -0.2) is 18.4 Å². The topological polar surface area (TPSA) is 84.8 Å². The molecule has 0 bridgehead atoms. The Morgan fingerprint density at radius 2 is 2.00 bits per heavy atom. The minimum absolute atomic E-state index is 0.143. The van der Waals surface area contributed by atoms with Crippen molar-refractivity contribution < 1.29 is 8.42 Å². The maximum absolute atomic E-state index is 11.1. The number of hydrogen-bond donors (Lipinski definition) is 1. The van der Waals surface area contributed by atoms with Gasteiger partial charge >= 0.3 is 0 Å². The maximum Gasteiger partial charge on any atom is 0.251 e. The lowest BCUT2D eigenvalue weighted by molar-refractivity contribution is 0.591. The molecule has 0 atom stereocenters. The summed E-state index contributed by atoms with van der Waals surface area (Å²) in [6, 6.07) is 0.143. The van der Waals surface area contributed by atoms with Crippen LogP contribution < -0.4 is 5.32 Å². The lowest BCUT2D eigenvalue weighted by Gasteiger charge is -2.07. The predicted octanol–water partition coefficient (Wildman–Crippen LogP) is 0.0954. The fraction of sp³-hybridized carbons (Fsp3) is 0.571. The van der Waals surface area contributed by atoms with Crippen LogP contribution in [-0.2, 0) is 9.84 Å². The molecular formula is C7H12N4O2S. The molecule has 0 saturated heterocycles. The Labute approximate surface area is 82.7 Å². The van der Waals surface area contributed by atoms with Crippen LogP contribution in [0.1, 0.15) is 13.8 Å². The van der Waals surface area contributed by atoms with Gasteiger partial charge in [-0.2, -0.15) is 4.98 Å². The van der Waals surface area contributed by atoms with E-state index in [2.05, 4.69) is 20.3 Å². The Hall–Kier alpha value is -1.24. The van der Waals surface area contributed by atoms with Crippen LogP contribution in [0.2, 0.25) is 0 Å². The first-order valence-corrected chi connectivity index (χ1v) is 5.94. The Kier molecular flexibility index (Phi) is 3.00. The molecule has 0 amide bonds. The summed E-state index contributed by atoms with van der Waals surface area (Å²) in [4.78, 5) is 11.1. The van der Waals surface area contributed by atoms with Gasteiger partial charge in [-0.05, 0) is 13.8 Å². The van der Waals surface area contributed by atoms with Crippen LogP contribution in [0.25, 0.3) is 0 Å². The van der Waals surface area contributed by atoms with Crippen molar-refractivity contribution in [2.24, 2.45) is 0 Å². The molecule has 78 valence electrons. The summed E-state index contributed by atoms with van der Waals surface area (Å²) in [7, 11) is -3.36. The zero-order valence-electron chi connectivity index (χ0n) is 8.22. The first-order valence-electron chi connectivity index (χ1n) is 4.05. The van der Waals surface area contributed by atoms with Crippen molar-refractivity contribution in [1.29, 1.82) is 0 Å². The summed E-state index contributed by atoms with van der Waals surface area (Å²) in [5, 5.41) is 2.68. The Balaban J connectivity index is 3.02. The fourth-order valence-corrected chi connectivity index (χ4v) is 1.28. The van der Waals surface area contributed by atoms with E-state index in [1.165, 1.54) is 6.33 Å². The highest BCUT2D eigenvalue weighted by atomic mass is 32.2. The first-order chi connectivity index (χ1) is 6.39. The fourth-order valence-electron chi connectivity index (χ4n) is 0.788. The van der Waals surface area contributed by atoms with Gasteiger partial charge in [-0.1, -0.05) is 0 Å². The highest BCUT2D eigenvalue weighted by Gasteiger charge is 2.11. The van der Waals surface area contributed by atoms with E-state index < -0.39 is 9.84 Å². The van der Waals surface area contributed by atoms with Gasteiger partial charge in [0.1, 0.15) is 6.33 Å². The van der Waals surface area contributed by atoms with E-state index in [0.717, 1.165) is 6.26 Å². The van der Waals surface area contributed by atoms with Crippen LogP contribution in [0.15, 0.2) is 11.5 Å². The van der Waals surface area contributed by atoms with Crippen molar-refractivity contribution in [3.8, 4) is 0 Å². The second kappa shape index (κ2) is 3.87. The van der Waals surface area contributed by atoms with Crippen molar-refractivity contribution in [3.05, 3.63) is 6.33 Å². The molecule has 7 heteroatoms. The smallest absolute Gasteiger partial charge is 0.251 e. The SMILES string of the molecule is CC(C)Nc1ncnc(S(C)(=O)=O)n1. The maximum atomic E-state index is 11.1. The molecule has 0 aliphatic rings. The van der Waals surface area contributed by atoms with Crippen molar-refractivity contribution >= 4 is 15.8 Å². The standard InChI is InChI=1S/C7H12N4O2S/c1-5(2)10-6-8-4-9-7(11-6)14(3,12)13/h4-5H,1-3H3,(H,8,9,10,11). The number of aromatic nitrogens is 3. The molecule has 0 radical (unpaired) electrons. The third kappa shape index (κ3) is 2.91. The molecule has 1 heterocycles. The highest BCUT2D eigenvalue weighted by molar-refractivity contribution is 7.90. The molecular weight excluding hydrogens is 204 g/mol. The van der Waals surface area contributed by atoms with Gasteiger partial charge in [0.05, 0.1) is 0 Å². The zero-order chi connectivity index (χ0) is 10.8. The van der Waals surface area contributed by atoms with Crippen LogP contribution in [-0.4, -0.2) is 35.7 Å². The largest absolute Gasteiger partial charge is 0.352 e. The molecule has 0 aliphatic heterocycles. The van der Waals surface area contributed by atoms with Crippen molar-refractivity contribution in [2.75, 3.05) is 11.6 Å². The van der Waals surface area contributed by atoms with Crippen LogP contribution >= 0.6 is 0 Å². The summed E-state index contributed by atoms with van der Waals surface area (Å²) in [5.41, 5.74) is 0. The van der Waals surface area contributed by atoms with E-state index in [4.69, 9.17) is 0 Å². The van der Waals surface area contributed by atoms with E-state index in [1.54, 1.807) is 0 Å². The van der Waals surface area contributed by atoms with Crippen molar-refractivity contribution in [2.45, 2.75) is 25.0 Å². The molecule has 0 unspecified atom stereocenters. The normalized spacial score (nSPS) is 11.7. The molecule has 1 aromatic rings. The first kappa shape index (κ1) is 10.8. The summed E-state index contributed by atoms with van der Waals surface area (Å²) in [6.07, 6.45) is 2.23. The number of rotatable bonds is 3. The number of sulfone groups is 1. The molecule has 0 saturated carbocycles. The molecule has 1 N–H and O–H groups in total. The molecule has 0 spiro atoms. The summed E-state index contributed by atoms with van der Waals surface area (Å²) < 4.78 is 22.2. The van der Waals surface area contributed by atoms with Gasteiger partial charge in [0.15, 0.2) is 0 Å². The van der Waals surface area contributed by atoms with Crippen molar-refractivity contribution in [3.63, 3.8) is 0 Å². The van der Waals surface area contributed by atoms with Crippen LogP contribution in [0.5, 0.6) is 0 Å². The van der Waals surface area contributed by atoms with Crippen LogP contribution in [0.3, 0.4) is 0 Å². The summed E-state index contributed by atoms with van der Waals surface area (Å²) >= 11 is 0. The molecule has 1 rings (SSSR count). The lowest BCUT2D eigenvalue weighted by atomic mass is 10.4. The lowest BCUT2D eigenvalue weighted by Crippen LogP contribution is -2.15. The average Bonchev–Trinajstić information content (AvgIpc) is 2.01. The Bertz CT molecular complexity index is 415. The molecule has 14 heavy (non-hydrogen) atoms. The van der Waals surface area contributed by atoms with Gasteiger partial charge in [0, 0.05) is 12.3 Å². The number of hydrogen-bond acceptors (Lipinski definition) is 6. The van der Waals surface area contributed by atoms with Crippen molar-refractivity contribution in [1.82, 2.24) is 15.0 Å². The van der Waals surface area contributed by atoms with Crippen LogP contribution in [0, 0.1) is 0 Å². The minimum Gasteiger partial charge on any atom is -0.352 e. The monoisotopic (exact) mass is 216 g/mol. The number of nitrogens with zero attached hydrogens (tertiary/aromatic N) is 3. The molecule has 6 nitrogen and oxygen atoms in total. The Morgan fingerprint density at radius 3 is 2.50 bits per heavy atom. The molecule has 0 fully saturated rings. The van der Waals surface area contributed by atoms with Gasteiger partial charge in [-0.15, -0.1) is 0 Å². The second-order valence-corrected chi connectivity index (χ2v) is 5.07. The summed E-state index contributed by atoms with van der Waals surface area (Å²) in [6.45, 7) is 3.81. The van der Waals surface area contributed by atoms with E-state index in [1.807, 2.05) is 13.8 Å². The van der Waals surface area contributed by atoms with Crippen LogP contribution in [0.4, 0.5) is 5.95 Å². The van der Waals surface area contributed by atoms with Gasteiger partial charge in [0.2, 0.25) is 15.8 Å². The highest BCUT2D eigenvalue weighted by Crippen LogP contribution is 2.04. The van der Waals surface area contributed by atoms with E-state index in [0.29, 0.717) is 0 Å². The van der Waals surface area contributed by atoms with Gasteiger partial charge in [0.25, 0.3) is 5.16 Å². The van der Waals surface area contributed by atoms with Gasteiger partial charge < -0.3 is 5.32 Å². The third-order valence-electron chi connectivity index (χ3n) is 1.30.